The SMILES string of the molecule is Fc1cc(NC2Cc3ccccc3C2)ncn1. The summed E-state index contributed by atoms with van der Waals surface area (Å²) < 4.78 is 12.9. The van der Waals surface area contributed by atoms with Crippen LogP contribution >= 0.6 is 0 Å². The largest absolute Gasteiger partial charge is 0.366 e. The lowest BCUT2D eigenvalue weighted by Crippen LogP contribution is -2.20. The molecule has 3 rings (SSSR count). The van der Waals surface area contributed by atoms with E-state index in [1.807, 2.05) is 12.1 Å². The molecule has 1 N–H and O–H groups in total. The third-order valence-electron chi connectivity index (χ3n) is 3.04. The number of anilines is 1. The maximum atomic E-state index is 12.9. The van der Waals surface area contributed by atoms with Gasteiger partial charge in [-0.3, -0.25) is 0 Å². The van der Waals surface area contributed by atoms with Crippen molar-refractivity contribution in [3.05, 3.63) is 53.7 Å². The maximum Gasteiger partial charge on any atom is 0.217 e. The third-order valence-corrected chi connectivity index (χ3v) is 3.04. The Morgan fingerprint density at radius 3 is 2.47 bits per heavy atom. The quantitative estimate of drug-likeness (QED) is 0.802. The number of nitrogens with one attached hydrogen (secondary N) is 1. The maximum absolute atomic E-state index is 12.9. The fourth-order valence-electron chi connectivity index (χ4n) is 2.28. The van der Waals surface area contributed by atoms with Crippen molar-refractivity contribution in [2.24, 2.45) is 0 Å². The molecular formula is C13H12FN3. The van der Waals surface area contributed by atoms with Gasteiger partial charge in [0.05, 0.1) is 0 Å². The average molecular weight is 229 g/mol. The molecule has 4 heteroatoms. The van der Waals surface area contributed by atoms with Crippen LogP contribution in [0.25, 0.3) is 0 Å². The number of hydrogen-bond acceptors (Lipinski definition) is 3. The van der Waals surface area contributed by atoms with E-state index in [1.54, 1.807) is 0 Å². The molecule has 1 aromatic carbocycles. The van der Waals surface area contributed by atoms with Crippen LogP contribution in [-0.2, 0) is 12.8 Å². The predicted molar refractivity (Wildman–Crippen MR) is 63.3 cm³/mol. The van der Waals surface area contributed by atoms with Crippen molar-refractivity contribution < 1.29 is 4.39 Å². The average Bonchev–Trinajstić information content (AvgIpc) is 2.71. The highest BCUT2D eigenvalue weighted by Gasteiger charge is 2.20. The first-order valence-electron chi connectivity index (χ1n) is 5.62. The summed E-state index contributed by atoms with van der Waals surface area (Å²) in [5, 5.41) is 3.24. The van der Waals surface area contributed by atoms with Gasteiger partial charge in [-0.25, -0.2) is 9.97 Å². The van der Waals surface area contributed by atoms with Gasteiger partial charge in [0.15, 0.2) is 0 Å². The van der Waals surface area contributed by atoms with Gasteiger partial charge in [0.2, 0.25) is 5.95 Å². The molecule has 1 aliphatic rings. The molecule has 1 aliphatic carbocycles. The van der Waals surface area contributed by atoms with Gasteiger partial charge in [-0.2, -0.15) is 4.39 Å². The minimum Gasteiger partial charge on any atom is -0.366 e. The van der Waals surface area contributed by atoms with Crippen LogP contribution in [0.3, 0.4) is 0 Å². The summed E-state index contributed by atoms with van der Waals surface area (Å²) in [6.07, 6.45) is 3.16. The number of fused-ring (bicyclic) bond motifs is 1. The van der Waals surface area contributed by atoms with Crippen molar-refractivity contribution in [3.8, 4) is 0 Å². The Labute approximate surface area is 98.7 Å². The summed E-state index contributed by atoms with van der Waals surface area (Å²) in [7, 11) is 0. The molecule has 0 saturated carbocycles. The molecule has 1 heterocycles. The number of benzene rings is 1. The highest BCUT2D eigenvalue weighted by Crippen LogP contribution is 2.23. The predicted octanol–water partition coefficient (Wildman–Crippen LogP) is 2.19. The zero-order chi connectivity index (χ0) is 11.7. The summed E-state index contributed by atoms with van der Waals surface area (Å²) >= 11 is 0. The monoisotopic (exact) mass is 229 g/mol. The molecule has 86 valence electrons. The molecule has 3 nitrogen and oxygen atoms in total. The van der Waals surface area contributed by atoms with Crippen LogP contribution in [0, 0.1) is 5.95 Å². The second kappa shape index (κ2) is 4.13. The number of nitrogens with zero attached hydrogens (tertiary/aromatic N) is 2. The van der Waals surface area contributed by atoms with E-state index in [0.29, 0.717) is 11.9 Å². The van der Waals surface area contributed by atoms with Crippen LogP contribution < -0.4 is 5.32 Å². The third kappa shape index (κ3) is 2.11. The van der Waals surface area contributed by atoms with Gasteiger partial charge in [0, 0.05) is 12.1 Å². The standard InChI is InChI=1S/C13H12FN3/c14-12-7-13(16-8-15-12)17-11-5-9-3-1-2-4-10(9)6-11/h1-4,7-8,11H,5-6H2,(H,15,16,17). The van der Waals surface area contributed by atoms with Crippen molar-refractivity contribution in [3.63, 3.8) is 0 Å². The van der Waals surface area contributed by atoms with Crippen molar-refractivity contribution in [1.82, 2.24) is 9.97 Å². The second-order valence-electron chi connectivity index (χ2n) is 4.24. The number of aromatic nitrogens is 2. The van der Waals surface area contributed by atoms with E-state index in [-0.39, 0.29) is 0 Å². The van der Waals surface area contributed by atoms with Gasteiger partial charge in [-0.05, 0) is 24.0 Å². The summed E-state index contributed by atoms with van der Waals surface area (Å²) in [5.74, 6) is 0.0494. The minimum atomic E-state index is -0.502. The second-order valence-corrected chi connectivity index (χ2v) is 4.24. The first kappa shape index (κ1) is 10.2. The highest BCUT2D eigenvalue weighted by atomic mass is 19.1. The molecule has 0 unspecified atom stereocenters. The van der Waals surface area contributed by atoms with Gasteiger partial charge in [0.1, 0.15) is 12.1 Å². The molecule has 0 spiro atoms. The van der Waals surface area contributed by atoms with E-state index in [9.17, 15) is 4.39 Å². The molecule has 2 aromatic rings. The van der Waals surface area contributed by atoms with Crippen LogP contribution in [0.2, 0.25) is 0 Å². The molecule has 0 saturated heterocycles. The molecule has 17 heavy (non-hydrogen) atoms. The zero-order valence-corrected chi connectivity index (χ0v) is 9.23. The van der Waals surface area contributed by atoms with Gasteiger partial charge < -0.3 is 5.32 Å². The Kier molecular flexibility index (Phi) is 2.48. The molecule has 1 aromatic heterocycles. The molecule has 0 fully saturated rings. The fourth-order valence-corrected chi connectivity index (χ4v) is 2.28. The van der Waals surface area contributed by atoms with E-state index < -0.39 is 5.95 Å². The number of halogens is 1. The van der Waals surface area contributed by atoms with Crippen molar-refractivity contribution in [2.45, 2.75) is 18.9 Å². The Balaban J connectivity index is 1.74. The normalized spacial score (nSPS) is 14.6. The van der Waals surface area contributed by atoms with E-state index in [0.717, 1.165) is 12.8 Å². The topological polar surface area (TPSA) is 37.8 Å². The van der Waals surface area contributed by atoms with Gasteiger partial charge in [-0.1, -0.05) is 24.3 Å². The van der Waals surface area contributed by atoms with E-state index in [4.69, 9.17) is 0 Å². The number of rotatable bonds is 2. The van der Waals surface area contributed by atoms with E-state index >= 15 is 0 Å². The lowest BCUT2D eigenvalue weighted by Gasteiger charge is -2.11. The molecule has 0 atom stereocenters. The Morgan fingerprint density at radius 1 is 1.12 bits per heavy atom. The first-order chi connectivity index (χ1) is 8.31. The summed E-state index contributed by atoms with van der Waals surface area (Å²) in [6.45, 7) is 0. The van der Waals surface area contributed by atoms with Gasteiger partial charge in [0.25, 0.3) is 0 Å². The van der Waals surface area contributed by atoms with Crippen molar-refractivity contribution >= 4 is 5.82 Å². The number of hydrogen-bond donors (Lipinski definition) is 1. The van der Waals surface area contributed by atoms with E-state index in [2.05, 4.69) is 27.4 Å². The highest BCUT2D eigenvalue weighted by molar-refractivity contribution is 5.40. The molecular weight excluding hydrogens is 217 g/mol. The molecule has 0 radical (unpaired) electrons. The van der Waals surface area contributed by atoms with Crippen LogP contribution in [0.1, 0.15) is 11.1 Å². The lowest BCUT2D eigenvalue weighted by atomic mass is 10.1. The Hall–Kier alpha value is -1.97. The van der Waals surface area contributed by atoms with Crippen LogP contribution in [0.5, 0.6) is 0 Å². The molecule has 0 amide bonds. The Bertz CT molecular complexity index is 517. The summed E-state index contributed by atoms with van der Waals surface area (Å²) in [5.41, 5.74) is 2.72. The Morgan fingerprint density at radius 2 is 1.82 bits per heavy atom. The van der Waals surface area contributed by atoms with E-state index in [1.165, 1.54) is 23.5 Å². The molecule has 0 aliphatic heterocycles. The van der Waals surface area contributed by atoms with Crippen LogP contribution in [0.4, 0.5) is 10.2 Å². The first-order valence-corrected chi connectivity index (χ1v) is 5.62. The summed E-state index contributed by atoms with van der Waals surface area (Å²) in [6, 6.07) is 9.98. The fraction of sp³-hybridized carbons (Fsp3) is 0.231. The van der Waals surface area contributed by atoms with Crippen LogP contribution in [-0.4, -0.2) is 16.0 Å². The van der Waals surface area contributed by atoms with Gasteiger partial charge in [-0.15, -0.1) is 0 Å². The minimum absolute atomic E-state index is 0.293. The zero-order valence-electron chi connectivity index (χ0n) is 9.23. The summed E-state index contributed by atoms with van der Waals surface area (Å²) in [4.78, 5) is 7.44. The van der Waals surface area contributed by atoms with Crippen molar-refractivity contribution in [2.75, 3.05) is 5.32 Å². The van der Waals surface area contributed by atoms with Gasteiger partial charge >= 0.3 is 0 Å². The van der Waals surface area contributed by atoms with Crippen molar-refractivity contribution in [1.29, 1.82) is 0 Å². The smallest absolute Gasteiger partial charge is 0.217 e. The molecule has 0 bridgehead atoms. The van der Waals surface area contributed by atoms with Crippen LogP contribution in [0.15, 0.2) is 36.7 Å². The lowest BCUT2D eigenvalue weighted by molar-refractivity contribution is 0.579.